The van der Waals surface area contributed by atoms with Crippen molar-refractivity contribution in [2.75, 3.05) is 126 Å². The Morgan fingerprint density at radius 2 is 0.953 bits per heavy atom. The molecule has 41 heteroatoms. The fourth-order valence-corrected chi connectivity index (χ4v) is 20.4. The maximum atomic E-state index is 13.3. The van der Waals surface area contributed by atoms with E-state index in [9.17, 15) is 77.5 Å². The minimum Gasteiger partial charge on any atom is -0.497 e. The zero-order valence-electron chi connectivity index (χ0n) is 83.3. The predicted molar refractivity (Wildman–Crippen MR) is 547 cm³/mol. The van der Waals surface area contributed by atoms with Gasteiger partial charge in [-0.25, -0.2) is 9.59 Å². The van der Waals surface area contributed by atoms with E-state index in [1.54, 1.807) is 144 Å². The van der Waals surface area contributed by atoms with Crippen LogP contribution in [-0.2, 0) is 86.6 Å². The van der Waals surface area contributed by atoms with Gasteiger partial charge in [0.2, 0.25) is 40.6 Å². The number of ether oxygens (including phenoxy) is 5. The zero-order chi connectivity index (χ0) is 106. The number of carbonyl (C=O) groups excluding carboxylic acids is 14. The smallest absolute Gasteiger partial charge is 0.323 e. The van der Waals surface area contributed by atoms with Crippen molar-refractivity contribution in [2.45, 2.75) is 108 Å². The van der Waals surface area contributed by atoms with Crippen molar-refractivity contribution >= 4 is 128 Å². The molecule has 40 nitrogen and oxygen atoms in total. The topological polar surface area (TPSA) is 494 Å². The number of amides is 15. The molecule has 0 saturated carbocycles. The second kappa shape index (κ2) is 43.7. The molecule has 11 heterocycles. The number of rotatable bonds is 23. The lowest BCUT2D eigenvalue weighted by Gasteiger charge is -2.28. The van der Waals surface area contributed by atoms with Gasteiger partial charge in [-0.05, 0) is 212 Å². The van der Waals surface area contributed by atoms with Gasteiger partial charge in [0.25, 0.3) is 35.4 Å². The number of hydrogen-bond acceptors (Lipinski definition) is 26. The number of methoxy groups -OCH3 is 4. The van der Waals surface area contributed by atoms with Crippen LogP contribution in [0, 0.1) is 40.9 Å². The second-order valence-electron chi connectivity index (χ2n) is 37.6. The number of oxime groups is 2. The van der Waals surface area contributed by atoms with Crippen LogP contribution in [-0.4, -0.2) is 276 Å². The third-order valence-corrected chi connectivity index (χ3v) is 28.3. The second-order valence-corrected chi connectivity index (χ2v) is 38.0. The summed E-state index contributed by atoms with van der Waals surface area (Å²) in [5.74, 6) is 16.7. The van der Waals surface area contributed by atoms with E-state index >= 15 is 0 Å². The number of fused-ring (bicyclic) bond motifs is 8. The number of imide groups is 4. The largest absolute Gasteiger partial charge is 0.497 e. The van der Waals surface area contributed by atoms with Crippen molar-refractivity contribution in [3.8, 4) is 58.5 Å². The summed E-state index contributed by atoms with van der Waals surface area (Å²) in [5, 5.41) is 50.6. The van der Waals surface area contributed by atoms with Gasteiger partial charge in [-0.15, -0.1) is 0 Å². The van der Waals surface area contributed by atoms with Gasteiger partial charge in [0.1, 0.15) is 50.7 Å². The maximum Gasteiger partial charge on any atom is 0.323 e. The standard InChI is InChI=1S/C29H31N5O5S.C28H23N3O7.2C26H27N5O5/c1-38-23-7-4-21-18-34(26(36)24(21)16-23)19-29(17-25(35)32-27(29)37)9-8-20-2-5-22(6-3-20)31-28(40)30-10-11-33-12-14-39-15-13-33;1-37-15-3-2-14-12-31(25(35)17(14)8-15)13-27(11-24(34)29-26(27)36)22-9-18-16-6-7-28(21(32)10-23(33)30-28)19(16)4-5-20(18)38-22;1-4-13-30(2)22(29-35)18-7-5-17(6-8-18)11-12-26(24(33)27-25(34)28-26)16-31-15-19-9-10-20(36-3)14-21(19)23(31)32;1-4-30(5-2)22(29-35)18-8-6-17(7-9-18)12-13-26(24(33)27-25(34)28-26)16-31-15-19-10-11-20(36-3)14-21(19)23(31)32/h2-7,16H,10-15,17-19H2,1H3,(H2,30,31,40)(H,32,35,37);2-5,8-9H,6-7,10-13H2,1H3,(H,30,33)(H,29,34,36);5-10,14,35H,4,13,15-16H2,1-3H3,(H2,27,28,33,34);6-11,14,35H,4-5,15-16H2,1-3H3,(H2,27,28,33,34)/t29-;27-,28?;2*26-/m1111/s1. The number of carbonyl (C=O) groups is 14. The highest BCUT2D eigenvalue weighted by Gasteiger charge is 2.57. The first-order chi connectivity index (χ1) is 72.2. The Labute approximate surface area is 867 Å². The predicted octanol–water partition coefficient (Wildman–Crippen LogP) is 6.48. The molecule has 8 aromatic carbocycles. The fourth-order valence-electron chi connectivity index (χ4n) is 20.2. The van der Waals surface area contributed by atoms with Crippen molar-refractivity contribution in [1.29, 1.82) is 0 Å². The van der Waals surface area contributed by atoms with Crippen molar-refractivity contribution in [3.05, 3.63) is 253 Å². The van der Waals surface area contributed by atoms with Gasteiger partial charge >= 0.3 is 12.1 Å². The Kier molecular flexibility index (Phi) is 30.2. The molecule has 10 aliphatic heterocycles. The fraction of sp³-hybridized carbons (Fsp3) is 0.330. The van der Waals surface area contributed by atoms with Crippen LogP contribution >= 0.6 is 12.2 Å². The number of hydrogen-bond donors (Lipinski definition) is 11. The molecule has 11 aliphatic rings. The summed E-state index contributed by atoms with van der Waals surface area (Å²) >= 11 is 5.41. The van der Waals surface area contributed by atoms with Crippen LogP contribution in [0.3, 0.4) is 0 Å². The number of amidine groups is 2. The van der Waals surface area contributed by atoms with Gasteiger partial charge in [0.05, 0.1) is 74.0 Å². The van der Waals surface area contributed by atoms with Crippen molar-refractivity contribution in [3.63, 3.8) is 0 Å². The molecule has 0 radical (unpaired) electrons. The highest BCUT2D eigenvalue weighted by atomic mass is 32.1. The molecule has 1 unspecified atom stereocenters. The summed E-state index contributed by atoms with van der Waals surface area (Å²) in [6.45, 7) is 14.0. The van der Waals surface area contributed by atoms with E-state index in [2.05, 4.69) is 98.6 Å². The molecular formula is C109H108N18O22S. The average Bonchev–Trinajstić information content (AvgIpc) is 1.55. The lowest BCUT2D eigenvalue weighted by Crippen LogP contribution is -2.54. The highest BCUT2D eigenvalue weighted by Crippen LogP contribution is 2.48. The van der Waals surface area contributed by atoms with Crippen LogP contribution in [0.25, 0.3) is 11.0 Å². The summed E-state index contributed by atoms with van der Waals surface area (Å²) in [7, 11) is 7.95. The van der Waals surface area contributed by atoms with E-state index in [-0.39, 0.29) is 99.6 Å². The van der Waals surface area contributed by atoms with Crippen LogP contribution < -0.4 is 66.8 Å². The number of nitrogens with one attached hydrogen (secondary N) is 9. The summed E-state index contributed by atoms with van der Waals surface area (Å²) in [6, 6.07) is 46.4. The van der Waals surface area contributed by atoms with Crippen molar-refractivity contribution in [1.82, 2.24) is 76.8 Å². The first-order valence-electron chi connectivity index (χ1n) is 48.6. The number of furan rings is 1. The monoisotopic (exact) mass is 2050 g/mol. The molecular weight excluding hydrogens is 1950 g/mol. The van der Waals surface area contributed by atoms with E-state index in [4.69, 9.17) is 40.3 Å². The number of anilines is 1. The molecule has 6 saturated heterocycles. The van der Waals surface area contributed by atoms with Crippen LogP contribution in [0.2, 0.25) is 0 Å². The quantitative estimate of drug-likeness (QED) is 0.00375. The van der Waals surface area contributed by atoms with E-state index in [1.165, 1.54) is 31.1 Å². The Bertz CT molecular complexity index is 7310. The average molecular weight is 2050 g/mol. The third kappa shape index (κ3) is 21.2. The molecule has 1 aromatic heterocycles. The SMILES string of the molecule is CCCN(C)C(=NO)c1ccc(C#C[C@]2(CN3Cc4ccc(OC)cc4C3=O)NC(=O)NC2=O)cc1.CCN(CC)C(=NO)c1ccc(C#C[C@]2(CN3Cc4ccc(OC)cc4C3=O)NC(=O)NC2=O)cc1.COc1ccc2c(c1)C(=O)N(C[C@@]1(C#Cc3ccc(NC(=S)NCCN4CCOCC4)cc3)CC(=O)NC1=O)C2.COc1ccc2c(c1)C(=O)N(C[C@@]1(c3cc4c5c(ccc4o3)C3(CC5)NC(=O)CC3=O)CC(=O)NC1=O)C2. The van der Waals surface area contributed by atoms with Gasteiger partial charge in [0, 0.05) is 153 Å². The van der Waals surface area contributed by atoms with E-state index in [0.717, 1.165) is 96.8 Å². The molecule has 150 heavy (non-hydrogen) atoms. The van der Waals surface area contributed by atoms with Crippen LogP contribution in [0.4, 0.5) is 15.3 Å². The Morgan fingerprint density at radius 3 is 1.37 bits per heavy atom. The molecule has 15 amide bonds. The number of Topliss-reactive ketones (excluding diaryl/α,β-unsaturated/α-hetero) is 1. The first-order valence-corrected chi connectivity index (χ1v) is 49.0. The van der Waals surface area contributed by atoms with Gasteiger partial charge in [-0.2, -0.15) is 0 Å². The number of morpholine rings is 1. The maximum absolute atomic E-state index is 13.3. The number of aryl methyl sites for hydroxylation is 1. The summed E-state index contributed by atoms with van der Waals surface area (Å²) in [6.07, 6.45) is 1.50. The third-order valence-electron chi connectivity index (χ3n) is 28.1. The zero-order valence-corrected chi connectivity index (χ0v) is 84.2. The van der Waals surface area contributed by atoms with Crippen LogP contribution in [0.5, 0.6) is 23.0 Å². The first kappa shape index (κ1) is 104. The summed E-state index contributed by atoms with van der Waals surface area (Å²) in [4.78, 5) is 190. The highest BCUT2D eigenvalue weighted by molar-refractivity contribution is 7.80. The number of nitrogens with zero attached hydrogens (tertiary/aromatic N) is 9. The van der Waals surface area contributed by atoms with E-state index < -0.39 is 75.0 Å². The molecule has 1 aliphatic carbocycles. The number of ketones is 1. The minimum atomic E-state index is -1.60. The van der Waals surface area contributed by atoms with Crippen LogP contribution in [0.15, 0.2) is 179 Å². The normalized spacial score (nSPS) is 21.0. The molecule has 1 spiro atoms. The molecule has 5 atom stereocenters. The van der Waals surface area contributed by atoms with Crippen molar-refractivity contribution in [2.24, 2.45) is 15.7 Å². The Hall–Kier alpha value is -17.5. The summed E-state index contributed by atoms with van der Waals surface area (Å²) < 4.78 is 32.5. The number of urea groups is 2. The Morgan fingerprint density at radius 1 is 0.500 bits per heavy atom. The van der Waals surface area contributed by atoms with Gasteiger partial charge in [0.15, 0.2) is 22.6 Å². The number of benzene rings is 8. The molecule has 20 rings (SSSR count). The molecule has 6 fully saturated rings. The molecule has 772 valence electrons. The summed E-state index contributed by atoms with van der Waals surface area (Å²) in [5.41, 5.74) is 4.52. The Balaban J connectivity index is 0.000000136. The molecule has 9 aromatic rings. The van der Waals surface area contributed by atoms with E-state index in [0.29, 0.717) is 134 Å². The lowest BCUT2D eigenvalue weighted by molar-refractivity contribution is -0.128. The molecule has 0 bridgehead atoms. The minimum absolute atomic E-state index is 0.0113. The van der Waals surface area contributed by atoms with Crippen LogP contribution in [0.1, 0.15) is 161 Å². The van der Waals surface area contributed by atoms with Crippen molar-refractivity contribution < 1.29 is 106 Å². The van der Waals surface area contributed by atoms with Gasteiger partial charge in [-0.1, -0.05) is 83.1 Å². The number of thiocarbonyl (C=S) groups is 1. The molecule has 11 N–H and O–H groups in total. The lowest BCUT2D eigenvalue weighted by atomic mass is 9.82. The van der Waals surface area contributed by atoms with E-state index in [1.807, 2.05) is 74.0 Å². The van der Waals surface area contributed by atoms with Gasteiger partial charge < -0.3 is 94.5 Å². The van der Waals surface area contributed by atoms with Gasteiger partial charge in [-0.3, -0.25) is 83.7 Å².